The second-order valence-electron chi connectivity index (χ2n) is 19.0. The van der Waals surface area contributed by atoms with Crippen molar-refractivity contribution in [2.45, 2.75) is 93.0 Å². The molecule has 0 unspecified atom stereocenters. The Hall–Kier alpha value is -1.87. The molecule has 0 saturated carbocycles. The van der Waals surface area contributed by atoms with Crippen molar-refractivity contribution in [3.8, 4) is 0 Å². The van der Waals surface area contributed by atoms with Crippen LogP contribution in [0.15, 0.2) is 0 Å². The number of Topliss-reactive ketones (excluding diaryl/α,β-unsaturated/α-hetero) is 2. The summed E-state index contributed by atoms with van der Waals surface area (Å²) in [4.78, 5) is 86.5. The summed E-state index contributed by atoms with van der Waals surface area (Å²) in [6.07, 6.45) is -2.62. The lowest BCUT2D eigenvalue weighted by atomic mass is 10.2. The minimum absolute atomic E-state index is 0.0327. The lowest BCUT2D eigenvalue weighted by molar-refractivity contribution is -0.148. The molecule has 3 amide bonds. The molecule has 0 fully saturated rings. The van der Waals surface area contributed by atoms with E-state index in [2.05, 4.69) is 73.3 Å². The Morgan fingerprint density at radius 1 is 0.391 bits per heavy atom. The number of hydrogen-bond acceptors (Lipinski definition) is 26. The number of amides is 3. The molecule has 520 valence electrons. The SMILES string of the molecule is CC(=O)COCCOCCI.CC(=O)COCCOCCON(C(=O)OC(C)(C)C)C(=O)OC(C)(C)C.CC(C)(C)OC(=O)NOCCOCCOCC(=O)O.O=C(O)COCCOCCI.OCCOCCOCCCl.OCCOCCOCCI. The van der Waals surface area contributed by atoms with E-state index in [1.807, 2.05) is 0 Å². The summed E-state index contributed by atoms with van der Waals surface area (Å²) in [6.45, 7) is 27.1. The number of carboxylic acid groups (broad SMARTS) is 2. The molecular formula is C53H102ClI3N2O28. The van der Waals surface area contributed by atoms with Crippen LogP contribution in [0.4, 0.5) is 14.4 Å². The summed E-state index contributed by atoms with van der Waals surface area (Å²) in [5, 5.41) is 33.5. The number of hydroxylamine groups is 3. The third-order valence-corrected chi connectivity index (χ3v) is 8.58. The molecule has 0 radical (unpaired) electrons. The van der Waals surface area contributed by atoms with Gasteiger partial charge in [0.05, 0.1) is 159 Å². The monoisotopic (exact) mass is 1630 g/mol. The van der Waals surface area contributed by atoms with Crippen LogP contribution in [0.5, 0.6) is 0 Å². The molecule has 0 saturated heterocycles. The number of ketones is 2. The second kappa shape index (κ2) is 71.6. The van der Waals surface area contributed by atoms with Crippen LogP contribution in [-0.2, 0) is 99.9 Å². The zero-order valence-corrected chi connectivity index (χ0v) is 59.9. The number of aliphatic carboxylic acids is 2. The summed E-state index contributed by atoms with van der Waals surface area (Å²) in [5.41, 5.74) is -0.0726. The number of carbonyl (C=O) groups excluding carboxylic acids is 5. The molecule has 0 atom stereocenters. The van der Waals surface area contributed by atoms with Crippen molar-refractivity contribution >= 4 is 121 Å². The van der Waals surface area contributed by atoms with E-state index >= 15 is 0 Å². The number of alkyl halides is 4. The fourth-order valence-electron chi connectivity index (χ4n) is 4.11. The Morgan fingerprint density at radius 3 is 0.954 bits per heavy atom. The van der Waals surface area contributed by atoms with Crippen molar-refractivity contribution in [3.05, 3.63) is 0 Å². The van der Waals surface area contributed by atoms with E-state index in [1.165, 1.54) is 13.8 Å². The second-order valence-corrected chi connectivity index (χ2v) is 22.7. The number of nitrogens with one attached hydrogen (secondary N) is 1. The Balaban J connectivity index is -0.000000237. The zero-order valence-electron chi connectivity index (χ0n) is 52.7. The average molecular weight is 1630 g/mol. The van der Waals surface area contributed by atoms with Gasteiger partial charge in [0.25, 0.3) is 0 Å². The molecule has 30 nitrogen and oxygen atoms in total. The van der Waals surface area contributed by atoms with E-state index < -0.39 is 47.0 Å². The van der Waals surface area contributed by atoms with Gasteiger partial charge in [0.15, 0.2) is 11.6 Å². The lowest BCUT2D eigenvalue weighted by Gasteiger charge is -2.27. The van der Waals surface area contributed by atoms with E-state index in [-0.39, 0.29) is 104 Å². The maximum Gasteiger partial charge on any atom is 0.444 e. The van der Waals surface area contributed by atoms with Gasteiger partial charge in [-0.2, -0.15) is 5.48 Å². The molecule has 0 aromatic carbocycles. The number of imide groups is 1. The van der Waals surface area contributed by atoms with Gasteiger partial charge < -0.3 is 91.5 Å². The van der Waals surface area contributed by atoms with E-state index in [1.54, 1.807) is 62.3 Å². The van der Waals surface area contributed by atoms with Crippen LogP contribution < -0.4 is 5.48 Å². The van der Waals surface area contributed by atoms with Gasteiger partial charge >= 0.3 is 30.2 Å². The van der Waals surface area contributed by atoms with Crippen molar-refractivity contribution in [1.82, 2.24) is 10.5 Å². The van der Waals surface area contributed by atoms with Crippen molar-refractivity contribution in [1.29, 1.82) is 0 Å². The Labute approximate surface area is 559 Å². The number of nitrogens with zero attached hydrogens (tertiary/aromatic N) is 1. The predicted molar refractivity (Wildman–Crippen MR) is 344 cm³/mol. The van der Waals surface area contributed by atoms with E-state index in [0.29, 0.717) is 90.2 Å². The van der Waals surface area contributed by atoms with Gasteiger partial charge in [0, 0.05) is 19.2 Å². The first kappa shape index (κ1) is 96.2. The van der Waals surface area contributed by atoms with E-state index in [9.17, 15) is 33.6 Å². The molecule has 0 bridgehead atoms. The van der Waals surface area contributed by atoms with Gasteiger partial charge in [-0.3, -0.25) is 19.3 Å². The maximum atomic E-state index is 12.1. The molecule has 34 heteroatoms. The number of halogens is 4. The predicted octanol–water partition coefficient (Wildman–Crippen LogP) is 5.55. The van der Waals surface area contributed by atoms with Crippen molar-refractivity contribution in [3.63, 3.8) is 0 Å². The number of aliphatic hydroxyl groups is 2. The summed E-state index contributed by atoms with van der Waals surface area (Å²) >= 11 is 12.0. The molecule has 0 aliphatic heterocycles. The highest BCUT2D eigenvalue weighted by atomic mass is 127. The van der Waals surface area contributed by atoms with Gasteiger partial charge in [-0.25, -0.2) is 24.0 Å². The molecule has 87 heavy (non-hydrogen) atoms. The summed E-state index contributed by atoms with van der Waals surface area (Å²) in [6, 6.07) is 0. The summed E-state index contributed by atoms with van der Waals surface area (Å²) in [5.74, 6) is -1.47. The van der Waals surface area contributed by atoms with Gasteiger partial charge in [-0.05, 0) is 76.2 Å². The van der Waals surface area contributed by atoms with E-state index in [4.69, 9.17) is 113 Å². The Bertz CT molecular complexity index is 1510. The molecule has 5 N–H and O–H groups in total. The van der Waals surface area contributed by atoms with Gasteiger partial charge in [-0.1, -0.05) is 72.8 Å². The van der Waals surface area contributed by atoms with Crippen LogP contribution in [0.1, 0.15) is 76.2 Å². The van der Waals surface area contributed by atoms with Crippen molar-refractivity contribution in [2.24, 2.45) is 0 Å². The van der Waals surface area contributed by atoms with Gasteiger partial charge in [-0.15, -0.1) is 11.6 Å². The maximum absolute atomic E-state index is 12.1. The normalized spacial score (nSPS) is 10.8. The number of aliphatic hydroxyl groups excluding tert-OH is 2. The highest BCUT2D eigenvalue weighted by molar-refractivity contribution is 14.1. The molecule has 0 aromatic rings. The lowest BCUT2D eigenvalue weighted by Crippen LogP contribution is -2.44. The number of carbonyl (C=O) groups is 7. The van der Waals surface area contributed by atoms with Crippen LogP contribution in [0.25, 0.3) is 0 Å². The molecule has 0 aromatic heterocycles. The fourth-order valence-corrected chi connectivity index (χ4v) is 5.15. The number of ether oxygens (including phenoxy) is 15. The molecule has 0 rings (SSSR count). The number of rotatable bonds is 46. The quantitative estimate of drug-likeness (QED) is 0.0164. The Kier molecular flexibility index (Phi) is 79.2. The van der Waals surface area contributed by atoms with Crippen LogP contribution in [0, 0.1) is 0 Å². The van der Waals surface area contributed by atoms with Crippen LogP contribution in [0.3, 0.4) is 0 Å². The van der Waals surface area contributed by atoms with Crippen molar-refractivity contribution in [2.75, 3.05) is 204 Å². The third-order valence-electron chi connectivity index (χ3n) is 7.10. The van der Waals surface area contributed by atoms with Crippen LogP contribution in [-0.4, -0.2) is 288 Å². The largest absolute Gasteiger partial charge is 0.480 e. The standard InChI is InChI=1S/C17H31NO8.C11H21NO7.C7H13IO3.C6H13ClO3.C6H11IO4.C6H13IO3/c1-13(19)12-23-9-8-22-10-11-24-18(14(20)25-16(2,3)4)15(21)26-17(5,6)7;1-11(2,3)19-10(15)12-18-7-6-16-4-5-17-8-9(13)14;1-7(9)6-11-5-4-10-3-2-8;7-1-3-9-5-6-10-4-2-8;7-1-2-10-3-4-11-5-6(8)9;7-1-3-9-5-6-10-4-2-8/h8-12H2,1-7H3;4-8H2,1-3H3,(H,12,15)(H,13,14);2-6H2,1H3;8H,1-6H2;1-5H2,(H,8,9);8H,1-6H2. The van der Waals surface area contributed by atoms with Crippen molar-refractivity contribution < 1.29 is 135 Å². The van der Waals surface area contributed by atoms with Gasteiger partial charge in [0.1, 0.15) is 43.2 Å². The smallest absolute Gasteiger partial charge is 0.444 e. The third kappa shape index (κ3) is 103. The molecular weight excluding hydrogens is 1530 g/mol. The molecule has 0 spiro atoms. The van der Waals surface area contributed by atoms with E-state index in [0.717, 1.165) is 26.5 Å². The molecule has 0 aliphatic rings. The topological polar surface area (TPSA) is 373 Å². The first-order valence-electron chi connectivity index (χ1n) is 27.3. The Morgan fingerprint density at radius 2 is 0.667 bits per heavy atom. The van der Waals surface area contributed by atoms with Crippen LogP contribution in [0.2, 0.25) is 0 Å². The number of hydrogen-bond donors (Lipinski definition) is 5. The first-order chi connectivity index (χ1) is 41.0. The number of carboxylic acids is 2. The molecule has 0 heterocycles. The van der Waals surface area contributed by atoms with Crippen LogP contribution >= 0.6 is 79.4 Å². The molecule has 0 aliphatic carbocycles. The summed E-state index contributed by atoms with van der Waals surface area (Å²) < 4.78 is 78.0. The van der Waals surface area contributed by atoms with Gasteiger partial charge in [0.2, 0.25) is 0 Å². The highest BCUT2D eigenvalue weighted by Crippen LogP contribution is 2.15. The first-order valence-corrected chi connectivity index (χ1v) is 32.4. The minimum Gasteiger partial charge on any atom is -0.480 e. The highest BCUT2D eigenvalue weighted by Gasteiger charge is 2.32. The zero-order chi connectivity index (χ0) is 67.5. The summed E-state index contributed by atoms with van der Waals surface area (Å²) in [7, 11) is 0. The average Bonchev–Trinajstić information content (AvgIpc) is 3.60. The fraction of sp³-hybridized carbons (Fsp3) is 0.868. The minimum atomic E-state index is -1.02.